The molecule has 1 saturated heterocycles. The zero-order valence-corrected chi connectivity index (χ0v) is 19.8. The smallest absolute Gasteiger partial charge is 0.306 e. The maximum absolute atomic E-state index is 13.1. The standard InChI is InChI=1S/C27H32N2O5/c1-18-6-3-4-7-21(18)16-33-23-11-9-20(10-12-23)15-25(30)29-13-5-8-24(29)26-28-22(17-34-26)14-19(2)27(31)32/h3-4,6-7,9-12,19,22,24H,5,8,13-17H2,1-2H3,(H,31,32). The van der Waals surface area contributed by atoms with Gasteiger partial charge in [-0.3, -0.25) is 9.59 Å². The van der Waals surface area contributed by atoms with Gasteiger partial charge < -0.3 is 19.5 Å². The zero-order chi connectivity index (χ0) is 24.1. The van der Waals surface area contributed by atoms with Crippen LogP contribution in [0.2, 0.25) is 0 Å². The van der Waals surface area contributed by atoms with Crippen LogP contribution in [0.15, 0.2) is 53.5 Å². The van der Waals surface area contributed by atoms with Gasteiger partial charge in [-0.1, -0.05) is 43.3 Å². The summed E-state index contributed by atoms with van der Waals surface area (Å²) in [7, 11) is 0. The molecule has 0 saturated carbocycles. The van der Waals surface area contributed by atoms with Crippen LogP contribution in [0.3, 0.4) is 0 Å². The first-order valence-corrected chi connectivity index (χ1v) is 11.9. The Balaban J connectivity index is 1.32. The highest BCUT2D eigenvalue weighted by atomic mass is 16.5. The van der Waals surface area contributed by atoms with Crippen molar-refractivity contribution in [2.75, 3.05) is 13.2 Å². The maximum atomic E-state index is 13.1. The van der Waals surface area contributed by atoms with Crippen LogP contribution in [0.5, 0.6) is 5.75 Å². The highest BCUT2D eigenvalue weighted by molar-refractivity contribution is 5.90. The Kier molecular flexibility index (Phi) is 7.50. The predicted octanol–water partition coefficient (Wildman–Crippen LogP) is 4.02. The Morgan fingerprint density at radius 3 is 2.71 bits per heavy atom. The van der Waals surface area contributed by atoms with Gasteiger partial charge in [0.05, 0.1) is 18.4 Å². The third-order valence-electron chi connectivity index (χ3n) is 6.57. The Labute approximate surface area is 200 Å². The summed E-state index contributed by atoms with van der Waals surface area (Å²) in [5.74, 6) is 0.0987. The van der Waals surface area contributed by atoms with Gasteiger partial charge in [-0.15, -0.1) is 0 Å². The molecule has 4 rings (SSSR count). The second kappa shape index (κ2) is 10.7. The number of aliphatic carboxylic acids is 1. The number of likely N-dealkylation sites (tertiary alicyclic amines) is 1. The molecule has 1 amide bonds. The lowest BCUT2D eigenvalue weighted by atomic mass is 10.0. The summed E-state index contributed by atoms with van der Waals surface area (Å²) in [6.07, 6.45) is 2.47. The molecule has 0 aromatic heterocycles. The van der Waals surface area contributed by atoms with E-state index < -0.39 is 11.9 Å². The van der Waals surface area contributed by atoms with Crippen molar-refractivity contribution in [1.29, 1.82) is 0 Å². The van der Waals surface area contributed by atoms with E-state index in [1.807, 2.05) is 41.3 Å². The summed E-state index contributed by atoms with van der Waals surface area (Å²) in [6, 6.07) is 15.5. The predicted molar refractivity (Wildman–Crippen MR) is 129 cm³/mol. The summed E-state index contributed by atoms with van der Waals surface area (Å²) in [5, 5.41) is 9.13. The molecule has 7 nitrogen and oxygen atoms in total. The van der Waals surface area contributed by atoms with E-state index in [0.717, 1.165) is 29.7 Å². The van der Waals surface area contributed by atoms with Gasteiger partial charge in [-0.25, -0.2) is 4.99 Å². The molecule has 180 valence electrons. The number of carboxylic acids is 1. The van der Waals surface area contributed by atoms with Crippen molar-refractivity contribution in [2.24, 2.45) is 10.9 Å². The third-order valence-corrected chi connectivity index (χ3v) is 6.57. The minimum atomic E-state index is -0.826. The van der Waals surface area contributed by atoms with E-state index in [1.54, 1.807) is 6.92 Å². The minimum absolute atomic E-state index is 0.0460. The molecule has 34 heavy (non-hydrogen) atoms. The zero-order valence-electron chi connectivity index (χ0n) is 19.8. The first kappa shape index (κ1) is 23.8. The number of carbonyl (C=O) groups is 2. The van der Waals surface area contributed by atoms with Gasteiger partial charge in [0.1, 0.15) is 25.0 Å². The molecule has 1 fully saturated rings. The number of aryl methyl sites for hydroxylation is 1. The number of hydrogen-bond donors (Lipinski definition) is 1. The average Bonchev–Trinajstić information content (AvgIpc) is 3.49. The highest BCUT2D eigenvalue weighted by Gasteiger charge is 2.37. The Morgan fingerprint density at radius 1 is 1.21 bits per heavy atom. The lowest BCUT2D eigenvalue weighted by Crippen LogP contribution is -2.41. The molecule has 0 bridgehead atoms. The quantitative estimate of drug-likeness (QED) is 0.606. The monoisotopic (exact) mass is 464 g/mol. The van der Waals surface area contributed by atoms with Crippen molar-refractivity contribution in [3.8, 4) is 5.75 Å². The number of benzene rings is 2. The molecule has 2 aromatic rings. The molecule has 7 heteroatoms. The lowest BCUT2D eigenvalue weighted by Gasteiger charge is -2.24. The van der Waals surface area contributed by atoms with Crippen LogP contribution in [-0.4, -0.2) is 53.0 Å². The van der Waals surface area contributed by atoms with Crippen LogP contribution in [0, 0.1) is 12.8 Å². The van der Waals surface area contributed by atoms with E-state index in [9.17, 15) is 9.59 Å². The molecule has 2 aromatic carbocycles. The van der Waals surface area contributed by atoms with Gasteiger partial charge in [0.2, 0.25) is 11.8 Å². The van der Waals surface area contributed by atoms with E-state index in [0.29, 0.717) is 38.5 Å². The van der Waals surface area contributed by atoms with Gasteiger partial charge in [-0.2, -0.15) is 0 Å². The van der Waals surface area contributed by atoms with E-state index >= 15 is 0 Å². The molecule has 0 aliphatic carbocycles. The second-order valence-electron chi connectivity index (χ2n) is 9.19. The Bertz CT molecular complexity index is 1050. The van der Waals surface area contributed by atoms with Crippen molar-refractivity contribution in [2.45, 2.75) is 58.2 Å². The van der Waals surface area contributed by atoms with Crippen LogP contribution in [0.4, 0.5) is 0 Å². The van der Waals surface area contributed by atoms with E-state index in [-0.39, 0.29) is 18.0 Å². The van der Waals surface area contributed by atoms with E-state index in [4.69, 9.17) is 14.6 Å². The molecule has 2 aliphatic rings. The topological polar surface area (TPSA) is 88.4 Å². The van der Waals surface area contributed by atoms with Gasteiger partial charge in [0, 0.05) is 6.54 Å². The summed E-state index contributed by atoms with van der Waals surface area (Å²) in [5.41, 5.74) is 3.28. The molecule has 0 radical (unpaired) electrons. The summed E-state index contributed by atoms with van der Waals surface area (Å²) in [4.78, 5) is 30.7. The number of rotatable bonds is 9. The van der Waals surface area contributed by atoms with Crippen LogP contribution < -0.4 is 4.74 Å². The van der Waals surface area contributed by atoms with Crippen LogP contribution >= 0.6 is 0 Å². The number of ether oxygens (including phenoxy) is 2. The number of nitrogens with zero attached hydrogens (tertiary/aromatic N) is 2. The number of amides is 1. The van der Waals surface area contributed by atoms with Crippen molar-refractivity contribution in [1.82, 2.24) is 4.90 Å². The lowest BCUT2D eigenvalue weighted by molar-refractivity contribution is -0.141. The van der Waals surface area contributed by atoms with E-state index in [2.05, 4.69) is 24.0 Å². The molecule has 2 heterocycles. The van der Waals surface area contributed by atoms with Crippen LogP contribution in [0.1, 0.15) is 42.9 Å². The molecular formula is C27H32N2O5. The van der Waals surface area contributed by atoms with Crippen molar-refractivity contribution >= 4 is 17.8 Å². The molecule has 1 N–H and O–H groups in total. The van der Waals surface area contributed by atoms with Gasteiger partial charge in [-0.05, 0) is 55.0 Å². The summed E-state index contributed by atoms with van der Waals surface area (Å²) < 4.78 is 11.7. The first-order chi connectivity index (χ1) is 16.4. The minimum Gasteiger partial charge on any atom is -0.489 e. The molecule has 2 aliphatic heterocycles. The molecule has 3 unspecified atom stereocenters. The fourth-order valence-corrected chi connectivity index (χ4v) is 4.48. The normalized spacial score (nSPS) is 20.5. The van der Waals surface area contributed by atoms with Crippen LogP contribution in [-0.2, 0) is 27.4 Å². The largest absolute Gasteiger partial charge is 0.489 e. The maximum Gasteiger partial charge on any atom is 0.306 e. The fraction of sp³-hybridized carbons (Fsp3) is 0.444. The number of carbonyl (C=O) groups excluding carboxylic acids is 1. The van der Waals surface area contributed by atoms with E-state index in [1.165, 1.54) is 5.56 Å². The average molecular weight is 465 g/mol. The van der Waals surface area contributed by atoms with Crippen molar-refractivity contribution in [3.63, 3.8) is 0 Å². The SMILES string of the molecule is Cc1ccccc1COc1ccc(CC(=O)N2CCCC2C2=NC(CC(C)C(=O)O)CO2)cc1. The summed E-state index contributed by atoms with van der Waals surface area (Å²) >= 11 is 0. The number of carboxylic acid groups (broad SMARTS) is 1. The Morgan fingerprint density at radius 2 is 1.97 bits per heavy atom. The first-order valence-electron chi connectivity index (χ1n) is 11.9. The van der Waals surface area contributed by atoms with Crippen molar-refractivity contribution in [3.05, 3.63) is 65.2 Å². The van der Waals surface area contributed by atoms with Gasteiger partial charge in [0.15, 0.2) is 0 Å². The molecule has 0 spiro atoms. The Hall–Kier alpha value is -3.35. The summed E-state index contributed by atoms with van der Waals surface area (Å²) in [6.45, 7) is 5.32. The third kappa shape index (κ3) is 5.76. The second-order valence-corrected chi connectivity index (χ2v) is 9.19. The van der Waals surface area contributed by atoms with Gasteiger partial charge in [0.25, 0.3) is 0 Å². The van der Waals surface area contributed by atoms with Gasteiger partial charge >= 0.3 is 5.97 Å². The van der Waals surface area contributed by atoms with Crippen molar-refractivity contribution < 1.29 is 24.2 Å². The number of aliphatic imine (C=N–C) groups is 1. The molecular weight excluding hydrogens is 432 g/mol. The number of hydrogen-bond acceptors (Lipinski definition) is 5. The highest BCUT2D eigenvalue weighted by Crippen LogP contribution is 2.25. The molecule has 3 atom stereocenters. The van der Waals surface area contributed by atoms with Crippen LogP contribution in [0.25, 0.3) is 0 Å². The fourth-order valence-electron chi connectivity index (χ4n) is 4.48.